The van der Waals surface area contributed by atoms with Crippen LogP contribution in [0, 0.1) is 0 Å². The Morgan fingerprint density at radius 1 is 1.00 bits per heavy atom. The third-order valence-corrected chi connectivity index (χ3v) is 3.37. The first-order chi connectivity index (χ1) is 11.8. The molecule has 0 saturated carbocycles. The molecule has 2 aromatic carbocycles. The Hall–Kier alpha value is -3.02. The van der Waals surface area contributed by atoms with Crippen molar-refractivity contribution >= 4 is 0 Å². The van der Waals surface area contributed by atoms with Gasteiger partial charge in [-0.3, -0.25) is 5.10 Å². The molecule has 0 radical (unpaired) electrons. The maximum Gasteiger partial charge on any atom is 0.181 e. The van der Waals surface area contributed by atoms with Crippen molar-refractivity contribution in [3.63, 3.8) is 0 Å². The molecule has 0 unspecified atom stereocenters. The maximum absolute atomic E-state index is 5.66. The third kappa shape index (κ3) is 3.65. The number of nitrogens with zero attached hydrogens (tertiary/aromatic N) is 2. The van der Waals surface area contributed by atoms with Crippen LogP contribution < -0.4 is 14.2 Å². The fourth-order valence-electron chi connectivity index (χ4n) is 2.24. The van der Waals surface area contributed by atoms with Crippen molar-refractivity contribution in [2.45, 2.75) is 13.5 Å². The highest BCUT2D eigenvalue weighted by Gasteiger charge is 2.11. The first kappa shape index (κ1) is 15.9. The molecule has 0 amide bonds. The Labute approximate surface area is 140 Å². The highest BCUT2D eigenvalue weighted by molar-refractivity contribution is 5.60. The van der Waals surface area contributed by atoms with Gasteiger partial charge in [0.2, 0.25) is 0 Å². The van der Waals surface area contributed by atoms with Crippen molar-refractivity contribution in [3.8, 4) is 28.6 Å². The van der Waals surface area contributed by atoms with E-state index < -0.39 is 0 Å². The van der Waals surface area contributed by atoms with Gasteiger partial charge < -0.3 is 14.2 Å². The van der Waals surface area contributed by atoms with E-state index in [-0.39, 0.29) is 0 Å². The molecular weight excluding hydrogens is 306 g/mol. The maximum atomic E-state index is 5.66. The predicted molar refractivity (Wildman–Crippen MR) is 90.3 cm³/mol. The van der Waals surface area contributed by atoms with Crippen LogP contribution in [0.4, 0.5) is 0 Å². The van der Waals surface area contributed by atoms with Gasteiger partial charge in [-0.2, -0.15) is 5.10 Å². The first-order valence-corrected chi connectivity index (χ1v) is 7.70. The molecule has 0 aliphatic rings. The topological polar surface area (TPSA) is 69.3 Å². The van der Waals surface area contributed by atoms with Gasteiger partial charge in [-0.1, -0.05) is 18.2 Å². The molecule has 1 N–H and O–H groups in total. The minimum Gasteiger partial charge on any atom is -0.493 e. The van der Waals surface area contributed by atoms with Crippen molar-refractivity contribution in [1.82, 2.24) is 15.2 Å². The minimum atomic E-state index is 0.325. The molecule has 0 bridgehead atoms. The second-order valence-corrected chi connectivity index (χ2v) is 5.01. The predicted octanol–water partition coefficient (Wildman–Crippen LogP) is 3.46. The zero-order valence-corrected chi connectivity index (χ0v) is 13.7. The van der Waals surface area contributed by atoms with Crippen LogP contribution in [0.3, 0.4) is 0 Å². The molecule has 6 nitrogen and oxygen atoms in total. The fourth-order valence-corrected chi connectivity index (χ4v) is 2.24. The van der Waals surface area contributed by atoms with E-state index in [4.69, 9.17) is 14.2 Å². The zero-order chi connectivity index (χ0) is 16.8. The number of methoxy groups -OCH3 is 1. The SMILES string of the molecule is CCOc1cc(-c2n[nH]c(COc3ccccc3)n2)ccc1OC. The summed E-state index contributed by atoms with van der Waals surface area (Å²) in [4.78, 5) is 4.46. The number of para-hydroxylation sites is 1. The van der Waals surface area contributed by atoms with E-state index in [1.807, 2.05) is 55.5 Å². The van der Waals surface area contributed by atoms with Crippen LogP contribution in [-0.4, -0.2) is 28.9 Å². The van der Waals surface area contributed by atoms with E-state index in [1.165, 1.54) is 0 Å². The van der Waals surface area contributed by atoms with Gasteiger partial charge in [-0.15, -0.1) is 0 Å². The lowest BCUT2D eigenvalue weighted by atomic mass is 10.2. The average Bonchev–Trinajstić information content (AvgIpc) is 3.10. The zero-order valence-electron chi connectivity index (χ0n) is 13.7. The average molecular weight is 325 g/mol. The molecule has 0 saturated heterocycles. The summed E-state index contributed by atoms with van der Waals surface area (Å²) in [5.41, 5.74) is 0.849. The number of hydrogen-bond acceptors (Lipinski definition) is 5. The molecule has 0 atom stereocenters. The van der Waals surface area contributed by atoms with E-state index in [2.05, 4.69) is 15.2 Å². The first-order valence-electron chi connectivity index (χ1n) is 7.70. The van der Waals surface area contributed by atoms with Crippen LogP contribution in [0.25, 0.3) is 11.4 Å². The molecule has 6 heteroatoms. The third-order valence-electron chi connectivity index (χ3n) is 3.37. The van der Waals surface area contributed by atoms with Crippen LogP contribution in [0.1, 0.15) is 12.7 Å². The molecule has 1 aromatic heterocycles. The molecule has 0 spiro atoms. The van der Waals surface area contributed by atoms with E-state index in [9.17, 15) is 0 Å². The summed E-state index contributed by atoms with van der Waals surface area (Å²) in [6.45, 7) is 2.81. The van der Waals surface area contributed by atoms with Gasteiger partial charge in [0.15, 0.2) is 23.1 Å². The summed E-state index contributed by atoms with van der Waals surface area (Å²) >= 11 is 0. The van der Waals surface area contributed by atoms with Gasteiger partial charge in [0.1, 0.15) is 12.4 Å². The Kier molecular flexibility index (Phi) is 4.96. The minimum absolute atomic E-state index is 0.325. The summed E-state index contributed by atoms with van der Waals surface area (Å²) in [6, 6.07) is 15.2. The van der Waals surface area contributed by atoms with E-state index >= 15 is 0 Å². The van der Waals surface area contributed by atoms with E-state index in [0.29, 0.717) is 36.4 Å². The van der Waals surface area contributed by atoms with Gasteiger partial charge >= 0.3 is 0 Å². The van der Waals surface area contributed by atoms with E-state index in [0.717, 1.165) is 11.3 Å². The highest BCUT2D eigenvalue weighted by Crippen LogP contribution is 2.31. The number of aromatic nitrogens is 3. The lowest BCUT2D eigenvalue weighted by molar-refractivity contribution is 0.296. The van der Waals surface area contributed by atoms with Crippen LogP contribution in [0.15, 0.2) is 48.5 Å². The molecule has 3 aromatic rings. The van der Waals surface area contributed by atoms with Crippen LogP contribution in [0.5, 0.6) is 17.2 Å². The fraction of sp³-hybridized carbons (Fsp3) is 0.222. The second-order valence-electron chi connectivity index (χ2n) is 5.01. The van der Waals surface area contributed by atoms with Crippen LogP contribution in [-0.2, 0) is 6.61 Å². The van der Waals surface area contributed by atoms with Gasteiger partial charge in [-0.25, -0.2) is 4.98 Å². The summed E-state index contributed by atoms with van der Waals surface area (Å²) in [7, 11) is 1.61. The molecular formula is C18H19N3O3. The number of nitrogens with one attached hydrogen (secondary N) is 1. The van der Waals surface area contributed by atoms with Crippen molar-refractivity contribution in [2.24, 2.45) is 0 Å². The Bertz CT molecular complexity index is 787. The molecule has 0 aliphatic carbocycles. The molecule has 24 heavy (non-hydrogen) atoms. The summed E-state index contributed by atoms with van der Waals surface area (Å²) in [6.07, 6.45) is 0. The van der Waals surface area contributed by atoms with Crippen LogP contribution in [0.2, 0.25) is 0 Å². The molecule has 1 heterocycles. The molecule has 0 fully saturated rings. The number of benzene rings is 2. The lowest BCUT2D eigenvalue weighted by Gasteiger charge is -2.09. The van der Waals surface area contributed by atoms with Crippen molar-refractivity contribution < 1.29 is 14.2 Å². The second kappa shape index (κ2) is 7.50. The monoisotopic (exact) mass is 325 g/mol. The van der Waals surface area contributed by atoms with Gasteiger partial charge in [0.25, 0.3) is 0 Å². The van der Waals surface area contributed by atoms with Crippen molar-refractivity contribution in [3.05, 3.63) is 54.4 Å². The van der Waals surface area contributed by atoms with Crippen LogP contribution >= 0.6 is 0 Å². The molecule has 0 aliphatic heterocycles. The number of rotatable bonds is 7. The molecule has 124 valence electrons. The number of aromatic amines is 1. The Morgan fingerprint density at radius 2 is 1.83 bits per heavy atom. The quantitative estimate of drug-likeness (QED) is 0.720. The summed E-state index contributed by atoms with van der Waals surface area (Å²) < 4.78 is 16.5. The van der Waals surface area contributed by atoms with Gasteiger partial charge in [0, 0.05) is 5.56 Å². The van der Waals surface area contributed by atoms with Crippen molar-refractivity contribution in [1.29, 1.82) is 0 Å². The normalized spacial score (nSPS) is 10.4. The summed E-state index contributed by atoms with van der Waals surface area (Å²) in [5, 5.41) is 7.14. The van der Waals surface area contributed by atoms with E-state index in [1.54, 1.807) is 7.11 Å². The number of H-pyrrole nitrogens is 1. The largest absolute Gasteiger partial charge is 0.493 e. The van der Waals surface area contributed by atoms with Gasteiger partial charge in [-0.05, 0) is 37.3 Å². The highest BCUT2D eigenvalue weighted by atomic mass is 16.5. The Balaban J connectivity index is 1.74. The Morgan fingerprint density at radius 3 is 2.58 bits per heavy atom. The number of ether oxygens (including phenoxy) is 3. The van der Waals surface area contributed by atoms with Gasteiger partial charge in [0.05, 0.1) is 13.7 Å². The summed E-state index contributed by atoms with van der Waals surface area (Å²) in [5.74, 6) is 3.39. The van der Waals surface area contributed by atoms with Crippen molar-refractivity contribution in [2.75, 3.05) is 13.7 Å². The lowest BCUT2D eigenvalue weighted by Crippen LogP contribution is -1.97. The standard InChI is InChI=1S/C18H19N3O3/c1-3-23-16-11-13(9-10-15(16)22-2)18-19-17(20-21-18)12-24-14-7-5-4-6-8-14/h4-11H,3,12H2,1-2H3,(H,19,20,21). The molecule has 3 rings (SSSR count). The number of hydrogen-bond donors (Lipinski definition) is 1. The smallest absolute Gasteiger partial charge is 0.181 e.